The summed E-state index contributed by atoms with van der Waals surface area (Å²) in [6.07, 6.45) is 2.73. The van der Waals surface area contributed by atoms with E-state index >= 15 is 0 Å². The number of hydrogen-bond acceptors (Lipinski definition) is 5. The van der Waals surface area contributed by atoms with Crippen LogP contribution < -0.4 is 11.1 Å². The van der Waals surface area contributed by atoms with Gasteiger partial charge in [-0.1, -0.05) is 13.3 Å². The molecule has 4 N–H and O–H groups in total. The van der Waals surface area contributed by atoms with Gasteiger partial charge in [0.1, 0.15) is 0 Å². The molecule has 7 nitrogen and oxygen atoms in total. The summed E-state index contributed by atoms with van der Waals surface area (Å²) in [5.41, 5.74) is 6.99. The number of aromatic nitrogens is 2. The molecule has 0 aromatic carbocycles. The quantitative estimate of drug-likeness (QED) is 0.707. The molecule has 0 aliphatic rings. The largest absolute Gasteiger partial charge is 0.395 e. The smallest absolute Gasteiger partial charge is 0.273 e. The first-order valence-corrected chi connectivity index (χ1v) is 8.29. The molecule has 1 rings (SSSR count). The molecule has 20 heavy (non-hydrogen) atoms. The maximum Gasteiger partial charge on any atom is 0.273 e. The highest BCUT2D eigenvalue weighted by atomic mass is 32.2. The van der Waals surface area contributed by atoms with Gasteiger partial charge in [0.05, 0.1) is 16.1 Å². The van der Waals surface area contributed by atoms with Gasteiger partial charge in [-0.05, 0) is 20.3 Å². The van der Waals surface area contributed by atoms with E-state index in [2.05, 4.69) is 15.5 Å². The summed E-state index contributed by atoms with van der Waals surface area (Å²) in [5, 5.41) is 9.18. The van der Waals surface area contributed by atoms with Crippen molar-refractivity contribution in [1.29, 1.82) is 0 Å². The van der Waals surface area contributed by atoms with Crippen LogP contribution in [0.25, 0.3) is 0 Å². The second-order valence-electron chi connectivity index (χ2n) is 5.43. The van der Waals surface area contributed by atoms with Gasteiger partial charge in [-0.15, -0.1) is 0 Å². The van der Waals surface area contributed by atoms with Crippen molar-refractivity contribution in [1.82, 2.24) is 15.5 Å². The highest BCUT2D eigenvalue weighted by molar-refractivity contribution is 7.92. The Kier molecular flexibility index (Phi) is 4.80. The zero-order valence-corrected chi connectivity index (χ0v) is 13.1. The molecule has 114 valence electrons. The van der Waals surface area contributed by atoms with Gasteiger partial charge >= 0.3 is 0 Å². The van der Waals surface area contributed by atoms with Crippen molar-refractivity contribution in [3.8, 4) is 0 Å². The number of hydrogen-bond donors (Lipinski definition) is 3. The van der Waals surface area contributed by atoms with E-state index in [1.54, 1.807) is 13.8 Å². The lowest BCUT2D eigenvalue weighted by molar-refractivity contribution is 0.0946. The average molecular weight is 302 g/mol. The van der Waals surface area contributed by atoms with Crippen molar-refractivity contribution in [2.24, 2.45) is 0 Å². The van der Waals surface area contributed by atoms with E-state index in [1.807, 2.05) is 6.92 Å². The van der Waals surface area contributed by atoms with E-state index < -0.39 is 20.5 Å². The minimum Gasteiger partial charge on any atom is -0.395 e. The highest BCUT2D eigenvalue weighted by Crippen LogP contribution is 2.17. The normalized spacial score (nSPS) is 12.4. The maximum absolute atomic E-state index is 12.0. The van der Waals surface area contributed by atoms with Gasteiger partial charge < -0.3 is 11.1 Å². The van der Waals surface area contributed by atoms with Crippen LogP contribution >= 0.6 is 0 Å². The van der Waals surface area contributed by atoms with Crippen LogP contribution in [-0.2, 0) is 16.3 Å². The molecule has 0 aliphatic carbocycles. The van der Waals surface area contributed by atoms with Crippen molar-refractivity contribution >= 4 is 21.4 Å². The molecule has 0 unspecified atom stereocenters. The number of nitrogens with two attached hydrogens (primary N) is 1. The van der Waals surface area contributed by atoms with Crippen molar-refractivity contribution in [2.45, 2.75) is 38.4 Å². The molecule has 1 amide bonds. The number of anilines is 1. The first-order chi connectivity index (χ1) is 9.10. The molecule has 0 bridgehead atoms. The molecule has 0 saturated carbocycles. The van der Waals surface area contributed by atoms with E-state index in [-0.39, 0.29) is 12.2 Å². The zero-order valence-electron chi connectivity index (χ0n) is 12.3. The topological polar surface area (TPSA) is 118 Å². The van der Waals surface area contributed by atoms with Crippen LogP contribution in [0.4, 0.5) is 5.69 Å². The third kappa shape index (κ3) is 3.50. The van der Waals surface area contributed by atoms with Crippen LogP contribution in [0.2, 0.25) is 0 Å². The van der Waals surface area contributed by atoms with Crippen molar-refractivity contribution in [3.05, 3.63) is 11.4 Å². The van der Waals surface area contributed by atoms with E-state index in [0.29, 0.717) is 12.1 Å². The number of amides is 1. The number of nitrogen functional groups attached to an aromatic ring is 1. The Labute approximate surface area is 119 Å². The van der Waals surface area contributed by atoms with E-state index in [0.717, 1.165) is 18.4 Å². The molecular weight excluding hydrogens is 280 g/mol. The average Bonchev–Trinajstić information content (AvgIpc) is 2.67. The Morgan fingerprint density at radius 3 is 2.55 bits per heavy atom. The van der Waals surface area contributed by atoms with Crippen LogP contribution in [0, 0.1) is 0 Å². The summed E-state index contributed by atoms with van der Waals surface area (Å²) in [5.74, 6) is -0.474. The van der Waals surface area contributed by atoms with Crippen molar-refractivity contribution in [3.63, 3.8) is 0 Å². The van der Waals surface area contributed by atoms with E-state index in [9.17, 15) is 13.2 Å². The molecule has 0 aliphatic heterocycles. The third-order valence-corrected chi connectivity index (χ3v) is 5.43. The predicted molar refractivity (Wildman–Crippen MR) is 78.3 cm³/mol. The Morgan fingerprint density at radius 1 is 1.45 bits per heavy atom. The number of carbonyl (C=O) groups is 1. The van der Waals surface area contributed by atoms with E-state index in [4.69, 9.17) is 5.73 Å². The molecule has 1 aromatic rings. The first-order valence-electron chi connectivity index (χ1n) is 6.40. The summed E-state index contributed by atoms with van der Waals surface area (Å²) in [6.45, 7) is 5.10. The molecule has 8 heteroatoms. The molecule has 0 fully saturated rings. The molecule has 0 radical (unpaired) electrons. The number of H-pyrrole nitrogens is 1. The molecule has 1 aromatic heterocycles. The standard InChI is InChI=1S/C12H22N4O3S/c1-5-6-8-9(13)10(16-15-8)11(17)14-7-12(2,3)20(4,18)19/h5-7,13H2,1-4H3,(H,14,17)(H,15,16). The minimum atomic E-state index is -3.27. The Morgan fingerprint density at radius 2 is 2.05 bits per heavy atom. The highest BCUT2D eigenvalue weighted by Gasteiger charge is 2.31. The Balaban J connectivity index is 2.78. The predicted octanol–water partition coefficient (Wildman–Crippen LogP) is 0.497. The number of nitrogens with zero attached hydrogens (tertiary/aromatic N) is 1. The van der Waals surface area contributed by atoms with Crippen LogP contribution in [-0.4, -0.2) is 42.1 Å². The summed E-state index contributed by atoms with van der Waals surface area (Å²) in [4.78, 5) is 12.0. The van der Waals surface area contributed by atoms with Gasteiger partial charge in [0.25, 0.3) is 5.91 Å². The maximum atomic E-state index is 12.0. The number of aromatic amines is 1. The van der Waals surface area contributed by atoms with Gasteiger partial charge in [-0.3, -0.25) is 9.89 Å². The number of aryl methyl sites for hydroxylation is 1. The van der Waals surface area contributed by atoms with Crippen LogP contribution in [0.3, 0.4) is 0 Å². The summed E-state index contributed by atoms with van der Waals surface area (Å²) in [7, 11) is -3.27. The lowest BCUT2D eigenvalue weighted by atomic mass is 10.2. The Bertz CT molecular complexity index is 590. The molecule has 1 heterocycles. The lowest BCUT2D eigenvalue weighted by Crippen LogP contribution is -2.44. The summed E-state index contributed by atoms with van der Waals surface area (Å²) < 4.78 is 22.1. The van der Waals surface area contributed by atoms with Crippen LogP contribution in [0.5, 0.6) is 0 Å². The fourth-order valence-electron chi connectivity index (χ4n) is 1.51. The van der Waals surface area contributed by atoms with Gasteiger partial charge in [0.15, 0.2) is 15.5 Å². The van der Waals surface area contributed by atoms with E-state index in [1.165, 1.54) is 0 Å². The number of rotatable bonds is 6. The minimum absolute atomic E-state index is 0.0000772. The summed E-state index contributed by atoms with van der Waals surface area (Å²) >= 11 is 0. The van der Waals surface area contributed by atoms with Gasteiger partial charge in [0, 0.05) is 12.8 Å². The van der Waals surface area contributed by atoms with Crippen molar-refractivity contribution in [2.75, 3.05) is 18.5 Å². The van der Waals surface area contributed by atoms with Gasteiger partial charge in [0.2, 0.25) is 0 Å². The SMILES string of the molecule is CCCc1[nH]nc(C(=O)NCC(C)(C)S(C)(=O)=O)c1N. The fourth-order valence-corrected chi connectivity index (χ4v) is 1.84. The molecular formula is C12H22N4O3S. The zero-order chi connectivity index (χ0) is 15.6. The first kappa shape index (κ1) is 16.5. The summed E-state index contributed by atoms with van der Waals surface area (Å²) in [6, 6.07) is 0. The molecule has 0 atom stereocenters. The van der Waals surface area contributed by atoms with Crippen LogP contribution in [0.1, 0.15) is 43.4 Å². The number of carbonyl (C=O) groups excluding carboxylic acids is 1. The Hall–Kier alpha value is -1.57. The number of sulfone groups is 1. The molecule has 0 saturated heterocycles. The second-order valence-corrected chi connectivity index (χ2v) is 8.08. The monoisotopic (exact) mass is 302 g/mol. The van der Waals surface area contributed by atoms with Crippen LogP contribution in [0.15, 0.2) is 0 Å². The fraction of sp³-hybridized carbons (Fsp3) is 0.667. The lowest BCUT2D eigenvalue weighted by Gasteiger charge is -2.22. The molecule has 0 spiro atoms. The number of nitrogens with one attached hydrogen (secondary N) is 2. The third-order valence-electron chi connectivity index (χ3n) is 3.28. The van der Waals surface area contributed by atoms with Crippen molar-refractivity contribution < 1.29 is 13.2 Å². The van der Waals surface area contributed by atoms with Gasteiger partial charge in [-0.25, -0.2) is 8.42 Å². The van der Waals surface area contributed by atoms with Gasteiger partial charge in [-0.2, -0.15) is 5.10 Å². The second kappa shape index (κ2) is 5.82.